The molecule has 0 aliphatic carbocycles. The molecule has 0 saturated heterocycles. The highest BCUT2D eigenvalue weighted by Gasteiger charge is 2.11. The number of ether oxygens (including phenoxy) is 1. The number of rotatable bonds is 9. The SMILES string of the molecule is O=C(O)CCCCNC(=O)c1ccc(COc2ccc(Br)cc2)o1. The summed E-state index contributed by atoms with van der Waals surface area (Å²) in [4.78, 5) is 22.3. The van der Waals surface area contributed by atoms with E-state index in [1.165, 1.54) is 0 Å². The predicted molar refractivity (Wildman–Crippen MR) is 91.0 cm³/mol. The number of carbonyl (C=O) groups is 2. The molecule has 2 rings (SSSR count). The fourth-order valence-corrected chi connectivity index (χ4v) is 2.22. The van der Waals surface area contributed by atoms with E-state index in [1.807, 2.05) is 24.3 Å². The third-order valence-electron chi connectivity index (χ3n) is 3.18. The minimum absolute atomic E-state index is 0.105. The Morgan fingerprint density at radius 1 is 1.12 bits per heavy atom. The number of carbonyl (C=O) groups excluding carboxylic acids is 1. The number of aliphatic carboxylic acids is 1. The summed E-state index contributed by atoms with van der Waals surface area (Å²) in [5, 5.41) is 11.2. The van der Waals surface area contributed by atoms with E-state index in [0.717, 1.165) is 4.47 Å². The van der Waals surface area contributed by atoms with Gasteiger partial charge in [-0.1, -0.05) is 15.9 Å². The van der Waals surface area contributed by atoms with Crippen molar-refractivity contribution in [2.75, 3.05) is 6.54 Å². The van der Waals surface area contributed by atoms with Crippen LogP contribution >= 0.6 is 15.9 Å². The van der Waals surface area contributed by atoms with Crippen molar-refractivity contribution in [2.45, 2.75) is 25.9 Å². The summed E-state index contributed by atoms with van der Waals surface area (Å²) in [5.41, 5.74) is 0. The van der Waals surface area contributed by atoms with Gasteiger partial charge in [-0.05, 0) is 49.2 Å². The van der Waals surface area contributed by atoms with Gasteiger partial charge in [0.15, 0.2) is 5.76 Å². The zero-order valence-corrected chi connectivity index (χ0v) is 14.5. The maximum absolute atomic E-state index is 11.9. The summed E-state index contributed by atoms with van der Waals surface area (Å²) in [6, 6.07) is 10.7. The van der Waals surface area contributed by atoms with Crippen LogP contribution in [-0.2, 0) is 11.4 Å². The number of furan rings is 1. The summed E-state index contributed by atoms with van der Waals surface area (Å²) in [5.74, 6) is 0.318. The van der Waals surface area contributed by atoms with Crippen LogP contribution in [0.5, 0.6) is 5.75 Å². The van der Waals surface area contributed by atoms with Gasteiger partial charge in [0.2, 0.25) is 0 Å². The lowest BCUT2D eigenvalue weighted by atomic mass is 10.2. The summed E-state index contributed by atoms with van der Waals surface area (Å²) in [6.07, 6.45) is 1.24. The van der Waals surface area contributed by atoms with E-state index in [1.54, 1.807) is 12.1 Å². The molecule has 6 nitrogen and oxygen atoms in total. The quantitative estimate of drug-likeness (QED) is 0.633. The number of hydrogen-bond donors (Lipinski definition) is 2. The molecule has 24 heavy (non-hydrogen) atoms. The maximum Gasteiger partial charge on any atom is 0.303 e. The predicted octanol–water partition coefficient (Wildman–Crippen LogP) is 3.61. The van der Waals surface area contributed by atoms with Crippen LogP contribution in [0.25, 0.3) is 0 Å². The standard InChI is InChI=1S/C17H18BrNO5/c18-12-4-6-13(7-5-12)23-11-14-8-9-15(24-14)17(22)19-10-2-1-3-16(20)21/h4-9H,1-3,10-11H2,(H,19,22)(H,20,21). The zero-order chi connectivity index (χ0) is 17.4. The number of nitrogens with one attached hydrogen (secondary N) is 1. The Kier molecular flexibility index (Phi) is 6.87. The molecule has 0 saturated carbocycles. The van der Waals surface area contributed by atoms with Crippen LogP contribution in [-0.4, -0.2) is 23.5 Å². The minimum atomic E-state index is -0.831. The molecule has 2 N–H and O–H groups in total. The highest BCUT2D eigenvalue weighted by Crippen LogP contribution is 2.18. The van der Waals surface area contributed by atoms with Crippen LogP contribution in [0.3, 0.4) is 0 Å². The molecule has 1 aromatic heterocycles. The first kappa shape index (κ1) is 18.1. The molecular formula is C17H18BrNO5. The van der Waals surface area contributed by atoms with E-state index in [-0.39, 0.29) is 24.7 Å². The van der Waals surface area contributed by atoms with Crippen molar-refractivity contribution >= 4 is 27.8 Å². The van der Waals surface area contributed by atoms with E-state index in [4.69, 9.17) is 14.3 Å². The second-order valence-electron chi connectivity index (χ2n) is 5.12. The molecule has 2 aromatic rings. The molecule has 0 atom stereocenters. The molecule has 1 heterocycles. The van der Waals surface area contributed by atoms with Crippen molar-refractivity contribution in [2.24, 2.45) is 0 Å². The molecule has 0 fully saturated rings. The van der Waals surface area contributed by atoms with Gasteiger partial charge in [0.25, 0.3) is 5.91 Å². The van der Waals surface area contributed by atoms with Gasteiger partial charge in [-0.25, -0.2) is 0 Å². The van der Waals surface area contributed by atoms with Crippen molar-refractivity contribution < 1.29 is 23.8 Å². The first-order valence-corrected chi connectivity index (χ1v) is 8.31. The zero-order valence-electron chi connectivity index (χ0n) is 13.0. The summed E-state index contributed by atoms with van der Waals surface area (Å²) in [6.45, 7) is 0.644. The Morgan fingerprint density at radius 3 is 2.58 bits per heavy atom. The molecule has 0 bridgehead atoms. The second-order valence-corrected chi connectivity index (χ2v) is 6.03. The van der Waals surface area contributed by atoms with Crippen LogP contribution in [0.4, 0.5) is 0 Å². The Bertz CT molecular complexity index is 681. The smallest absolute Gasteiger partial charge is 0.303 e. The van der Waals surface area contributed by atoms with Crippen molar-refractivity contribution in [3.8, 4) is 5.75 Å². The second kappa shape index (κ2) is 9.12. The number of carboxylic acids is 1. The Hall–Kier alpha value is -2.28. The Morgan fingerprint density at radius 2 is 1.88 bits per heavy atom. The molecule has 0 unspecified atom stereocenters. The van der Waals surface area contributed by atoms with Gasteiger partial charge in [0.1, 0.15) is 18.1 Å². The summed E-state index contributed by atoms with van der Waals surface area (Å²) < 4.78 is 12.0. The third kappa shape index (κ3) is 6.08. The Balaban J connectivity index is 1.74. The Labute approximate surface area is 147 Å². The average molecular weight is 396 g/mol. The van der Waals surface area contributed by atoms with Crippen molar-refractivity contribution in [3.05, 3.63) is 52.4 Å². The van der Waals surface area contributed by atoms with Gasteiger partial charge in [-0.3, -0.25) is 9.59 Å². The summed E-state index contributed by atoms with van der Waals surface area (Å²) in [7, 11) is 0. The number of hydrogen-bond acceptors (Lipinski definition) is 4. The van der Waals surface area contributed by atoms with Crippen molar-refractivity contribution in [1.29, 1.82) is 0 Å². The lowest BCUT2D eigenvalue weighted by molar-refractivity contribution is -0.137. The van der Waals surface area contributed by atoms with Gasteiger partial charge in [0, 0.05) is 17.4 Å². The molecule has 0 aliphatic rings. The van der Waals surface area contributed by atoms with Crippen molar-refractivity contribution in [1.82, 2.24) is 5.32 Å². The van der Waals surface area contributed by atoms with Gasteiger partial charge in [-0.2, -0.15) is 0 Å². The first-order valence-electron chi connectivity index (χ1n) is 7.51. The minimum Gasteiger partial charge on any atom is -0.486 e. The van der Waals surface area contributed by atoms with Crippen LogP contribution in [0, 0.1) is 0 Å². The molecular weight excluding hydrogens is 378 g/mol. The molecule has 0 spiro atoms. The van der Waals surface area contributed by atoms with Gasteiger partial charge in [0.05, 0.1) is 0 Å². The number of carboxylic acid groups (broad SMARTS) is 1. The molecule has 0 radical (unpaired) electrons. The molecule has 128 valence electrons. The number of amides is 1. The van der Waals surface area contributed by atoms with E-state index >= 15 is 0 Å². The largest absolute Gasteiger partial charge is 0.486 e. The van der Waals surface area contributed by atoms with Gasteiger partial charge < -0.3 is 19.6 Å². The maximum atomic E-state index is 11.9. The fraction of sp³-hybridized carbons (Fsp3) is 0.294. The fourth-order valence-electron chi connectivity index (χ4n) is 1.95. The average Bonchev–Trinajstić information content (AvgIpc) is 3.02. The van der Waals surface area contributed by atoms with Crippen LogP contribution in [0.1, 0.15) is 35.6 Å². The number of halogens is 1. The van der Waals surface area contributed by atoms with Crippen molar-refractivity contribution in [3.63, 3.8) is 0 Å². The van der Waals surface area contributed by atoms with Crippen LogP contribution in [0.15, 0.2) is 45.3 Å². The van der Waals surface area contributed by atoms with E-state index < -0.39 is 5.97 Å². The lowest BCUT2D eigenvalue weighted by Gasteiger charge is -2.04. The van der Waals surface area contributed by atoms with Gasteiger partial charge in [-0.15, -0.1) is 0 Å². The van der Waals surface area contributed by atoms with E-state index in [2.05, 4.69) is 21.2 Å². The molecule has 1 amide bonds. The highest BCUT2D eigenvalue weighted by molar-refractivity contribution is 9.10. The number of benzene rings is 1. The number of unbranched alkanes of at least 4 members (excludes halogenated alkanes) is 1. The van der Waals surface area contributed by atoms with E-state index in [9.17, 15) is 9.59 Å². The monoisotopic (exact) mass is 395 g/mol. The first-order chi connectivity index (χ1) is 11.5. The van der Waals surface area contributed by atoms with Gasteiger partial charge >= 0.3 is 5.97 Å². The lowest BCUT2D eigenvalue weighted by Crippen LogP contribution is -2.24. The molecule has 1 aromatic carbocycles. The topological polar surface area (TPSA) is 88.8 Å². The molecule has 0 aliphatic heterocycles. The van der Waals surface area contributed by atoms with Crippen LogP contribution in [0.2, 0.25) is 0 Å². The summed E-state index contributed by atoms with van der Waals surface area (Å²) >= 11 is 3.35. The highest BCUT2D eigenvalue weighted by atomic mass is 79.9. The van der Waals surface area contributed by atoms with E-state index in [0.29, 0.717) is 30.9 Å². The van der Waals surface area contributed by atoms with Crippen LogP contribution < -0.4 is 10.1 Å². The molecule has 7 heteroatoms. The third-order valence-corrected chi connectivity index (χ3v) is 3.71. The normalized spacial score (nSPS) is 10.4.